The molecule has 0 radical (unpaired) electrons. The van der Waals surface area contributed by atoms with Gasteiger partial charge < -0.3 is 15.5 Å². The number of nitrogens with one attached hydrogen (secondary N) is 2. The minimum absolute atomic E-state index is 0.0457. The Bertz CT molecular complexity index is 735. The number of carbonyl (C=O) groups excluding carboxylic acids is 2. The highest BCUT2D eigenvalue weighted by Crippen LogP contribution is 2.29. The molecule has 1 aliphatic rings. The van der Waals surface area contributed by atoms with Crippen LogP contribution in [0, 0.1) is 0 Å². The second-order valence-corrected chi connectivity index (χ2v) is 4.64. The lowest BCUT2D eigenvalue weighted by molar-refractivity contribution is 0.0880. The molecule has 106 valence electrons. The van der Waals surface area contributed by atoms with Crippen LogP contribution in [0.15, 0.2) is 36.4 Å². The van der Waals surface area contributed by atoms with Crippen LogP contribution in [0.3, 0.4) is 0 Å². The van der Waals surface area contributed by atoms with Gasteiger partial charge in [-0.25, -0.2) is 0 Å². The normalized spacial score (nSPS) is 13.0. The van der Waals surface area contributed by atoms with Gasteiger partial charge in [-0.2, -0.15) is 0 Å². The average molecular weight is 284 g/mol. The van der Waals surface area contributed by atoms with Crippen LogP contribution in [-0.2, 0) is 6.54 Å². The summed E-state index contributed by atoms with van der Waals surface area (Å²) in [4.78, 5) is 23.3. The van der Waals surface area contributed by atoms with Crippen molar-refractivity contribution in [2.75, 3.05) is 5.32 Å². The lowest BCUT2D eigenvalue weighted by Crippen LogP contribution is -2.20. The number of phenols is 2. The summed E-state index contributed by atoms with van der Waals surface area (Å²) in [5.41, 5.74) is 1.38. The summed E-state index contributed by atoms with van der Waals surface area (Å²) in [6, 6.07) is 9.33. The minimum Gasteiger partial charge on any atom is -0.507 e. The van der Waals surface area contributed by atoms with E-state index in [2.05, 4.69) is 10.6 Å². The predicted molar refractivity (Wildman–Crippen MR) is 75.3 cm³/mol. The van der Waals surface area contributed by atoms with Crippen LogP contribution in [0.25, 0.3) is 0 Å². The van der Waals surface area contributed by atoms with E-state index in [-0.39, 0.29) is 23.6 Å². The first kappa shape index (κ1) is 13.0. The Kier molecular flexibility index (Phi) is 2.98. The third-order valence-electron chi connectivity index (χ3n) is 3.35. The second-order valence-electron chi connectivity index (χ2n) is 4.64. The largest absolute Gasteiger partial charge is 0.507 e. The molecule has 1 heterocycles. The molecule has 1 aliphatic heterocycles. The van der Waals surface area contributed by atoms with E-state index in [0.29, 0.717) is 16.8 Å². The Balaban J connectivity index is 1.91. The van der Waals surface area contributed by atoms with Crippen LogP contribution < -0.4 is 10.6 Å². The second kappa shape index (κ2) is 4.82. The van der Waals surface area contributed by atoms with E-state index in [1.807, 2.05) is 0 Å². The van der Waals surface area contributed by atoms with Crippen molar-refractivity contribution in [3.8, 4) is 11.5 Å². The first-order valence-electron chi connectivity index (χ1n) is 6.30. The zero-order valence-electron chi connectivity index (χ0n) is 10.9. The Labute approximate surface area is 120 Å². The number of rotatable bonds is 3. The molecular weight excluding hydrogens is 272 g/mol. The monoisotopic (exact) mass is 284 g/mol. The third kappa shape index (κ3) is 2.16. The molecule has 0 spiro atoms. The van der Waals surface area contributed by atoms with Crippen molar-refractivity contribution in [3.63, 3.8) is 0 Å². The van der Waals surface area contributed by atoms with Gasteiger partial charge in [-0.1, -0.05) is 12.1 Å². The van der Waals surface area contributed by atoms with Crippen molar-refractivity contribution in [3.05, 3.63) is 53.1 Å². The summed E-state index contributed by atoms with van der Waals surface area (Å²) in [7, 11) is 0. The van der Waals surface area contributed by atoms with Gasteiger partial charge in [-0.05, 0) is 24.3 Å². The smallest absolute Gasteiger partial charge is 0.261 e. The molecule has 2 aromatic rings. The van der Waals surface area contributed by atoms with Gasteiger partial charge in [0.25, 0.3) is 11.8 Å². The maximum absolute atomic E-state index is 11.8. The fourth-order valence-electron chi connectivity index (χ4n) is 2.29. The summed E-state index contributed by atoms with van der Waals surface area (Å²) >= 11 is 0. The van der Waals surface area contributed by atoms with Crippen LogP contribution in [0.5, 0.6) is 11.5 Å². The number of aromatic hydroxyl groups is 2. The van der Waals surface area contributed by atoms with Crippen molar-refractivity contribution in [1.82, 2.24) is 5.32 Å². The Morgan fingerprint density at radius 2 is 1.62 bits per heavy atom. The van der Waals surface area contributed by atoms with Gasteiger partial charge in [0.2, 0.25) is 0 Å². The maximum atomic E-state index is 11.8. The molecule has 0 saturated heterocycles. The predicted octanol–water partition coefficient (Wildman–Crippen LogP) is 1.59. The standard InChI is InChI=1S/C15H12N2O4/c18-11-5-2-6-12(19)9(11)7-16-10-4-1-3-8-13(10)15(21)17-14(8)20/h1-6,16,18-19H,7H2,(H,17,20,21). The Hall–Kier alpha value is -3.02. The molecule has 0 atom stereocenters. The molecule has 0 fully saturated rings. The quantitative estimate of drug-likeness (QED) is 0.642. The maximum Gasteiger partial charge on any atom is 0.261 e. The SMILES string of the molecule is O=C1NC(=O)c2c(NCc3c(O)cccc3O)cccc21. The van der Waals surface area contributed by atoms with E-state index in [4.69, 9.17) is 0 Å². The molecule has 6 heteroatoms. The molecule has 21 heavy (non-hydrogen) atoms. The highest BCUT2D eigenvalue weighted by Gasteiger charge is 2.29. The van der Waals surface area contributed by atoms with Crippen LogP contribution in [-0.4, -0.2) is 22.0 Å². The molecule has 0 bridgehead atoms. The highest BCUT2D eigenvalue weighted by molar-refractivity contribution is 6.23. The number of carbonyl (C=O) groups is 2. The van der Waals surface area contributed by atoms with E-state index >= 15 is 0 Å². The van der Waals surface area contributed by atoms with Gasteiger partial charge in [-0.15, -0.1) is 0 Å². The summed E-state index contributed by atoms with van der Waals surface area (Å²) in [6.45, 7) is 0.121. The summed E-state index contributed by atoms with van der Waals surface area (Å²) in [6.07, 6.45) is 0. The topological polar surface area (TPSA) is 98.7 Å². The lowest BCUT2D eigenvalue weighted by Gasteiger charge is -2.11. The van der Waals surface area contributed by atoms with Crippen LogP contribution in [0.4, 0.5) is 5.69 Å². The van der Waals surface area contributed by atoms with Gasteiger partial charge in [0.15, 0.2) is 0 Å². The zero-order chi connectivity index (χ0) is 15.0. The number of hydrogen-bond acceptors (Lipinski definition) is 5. The van der Waals surface area contributed by atoms with Gasteiger partial charge in [0.05, 0.1) is 16.7 Å². The van der Waals surface area contributed by atoms with E-state index in [1.54, 1.807) is 18.2 Å². The van der Waals surface area contributed by atoms with Crippen molar-refractivity contribution < 1.29 is 19.8 Å². The number of amides is 2. The third-order valence-corrected chi connectivity index (χ3v) is 3.35. The van der Waals surface area contributed by atoms with Crippen LogP contribution in [0.1, 0.15) is 26.3 Å². The number of phenolic OH excluding ortho intramolecular Hbond substituents is 2. The molecule has 2 aromatic carbocycles. The molecule has 0 aliphatic carbocycles. The van der Waals surface area contributed by atoms with E-state index in [1.165, 1.54) is 18.2 Å². The highest BCUT2D eigenvalue weighted by atomic mass is 16.3. The van der Waals surface area contributed by atoms with Crippen molar-refractivity contribution in [2.45, 2.75) is 6.54 Å². The molecule has 2 amide bonds. The summed E-state index contributed by atoms with van der Waals surface area (Å²) < 4.78 is 0. The molecular formula is C15H12N2O4. The van der Waals surface area contributed by atoms with Crippen molar-refractivity contribution in [1.29, 1.82) is 0 Å². The first-order valence-corrected chi connectivity index (χ1v) is 6.30. The zero-order valence-corrected chi connectivity index (χ0v) is 10.9. The minimum atomic E-state index is -0.459. The van der Waals surface area contributed by atoms with Crippen molar-refractivity contribution >= 4 is 17.5 Å². The lowest BCUT2D eigenvalue weighted by atomic mass is 10.1. The number of imide groups is 1. The van der Waals surface area contributed by atoms with Crippen LogP contribution in [0.2, 0.25) is 0 Å². The van der Waals surface area contributed by atoms with Gasteiger partial charge in [0, 0.05) is 12.2 Å². The van der Waals surface area contributed by atoms with E-state index in [0.717, 1.165) is 0 Å². The fraction of sp³-hybridized carbons (Fsp3) is 0.0667. The molecule has 0 unspecified atom stereocenters. The van der Waals surface area contributed by atoms with E-state index in [9.17, 15) is 19.8 Å². The van der Waals surface area contributed by atoms with Gasteiger partial charge in [0.1, 0.15) is 11.5 Å². The van der Waals surface area contributed by atoms with Gasteiger partial charge in [-0.3, -0.25) is 14.9 Å². The molecule has 6 nitrogen and oxygen atoms in total. The number of hydrogen-bond donors (Lipinski definition) is 4. The average Bonchev–Trinajstić information content (AvgIpc) is 2.74. The molecule has 3 rings (SSSR count). The van der Waals surface area contributed by atoms with Crippen molar-refractivity contribution in [2.24, 2.45) is 0 Å². The fourth-order valence-corrected chi connectivity index (χ4v) is 2.29. The summed E-state index contributed by atoms with van der Waals surface area (Å²) in [5, 5.41) is 24.6. The first-order chi connectivity index (χ1) is 10.1. The van der Waals surface area contributed by atoms with Gasteiger partial charge >= 0.3 is 0 Å². The van der Waals surface area contributed by atoms with Crippen LogP contribution >= 0.6 is 0 Å². The summed E-state index contributed by atoms with van der Waals surface area (Å²) in [5.74, 6) is -0.977. The number of fused-ring (bicyclic) bond motifs is 1. The number of benzene rings is 2. The molecule has 4 N–H and O–H groups in total. The Morgan fingerprint density at radius 1 is 0.952 bits per heavy atom. The Morgan fingerprint density at radius 3 is 2.33 bits per heavy atom. The number of anilines is 1. The van der Waals surface area contributed by atoms with E-state index < -0.39 is 11.8 Å². The molecule has 0 saturated carbocycles. The molecule has 0 aromatic heterocycles.